The fraction of sp³-hybridized carbons (Fsp3) is 0.500. The molecule has 2 amide bonds. The summed E-state index contributed by atoms with van der Waals surface area (Å²) in [4.78, 5) is 37.7. The Hall–Kier alpha value is -2.22. The maximum absolute atomic E-state index is 12.7. The molecule has 3 heterocycles. The van der Waals surface area contributed by atoms with E-state index < -0.39 is 0 Å². The van der Waals surface area contributed by atoms with Crippen LogP contribution in [-0.2, 0) is 4.79 Å². The number of aryl methyl sites for hydroxylation is 2. The van der Waals surface area contributed by atoms with Crippen molar-refractivity contribution < 1.29 is 9.59 Å². The molecule has 1 saturated heterocycles. The van der Waals surface area contributed by atoms with Crippen LogP contribution in [0.1, 0.15) is 53.4 Å². The minimum absolute atomic E-state index is 0.0902. The molecule has 7 nitrogen and oxygen atoms in total. The Morgan fingerprint density at radius 3 is 2.83 bits per heavy atom. The van der Waals surface area contributed by atoms with Crippen molar-refractivity contribution in [2.24, 2.45) is 0 Å². The monoisotopic (exact) mass is 347 g/mol. The van der Waals surface area contributed by atoms with Crippen LogP contribution in [0.25, 0.3) is 0 Å². The summed E-state index contributed by atoms with van der Waals surface area (Å²) in [6.07, 6.45) is 1.96. The van der Waals surface area contributed by atoms with Gasteiger partial charge in [0.05, 0.1) is 5.69 Å². The second-order valence-electron chi connectivity index (χ2n) is 6.14. The van der Waals surface area contributed by atoms with Crippen molar-refractivity contribution in [3.05, 3.63) is 28.3 Å². The topological polar surface area (TPSA) is 91.0 Å². The van der Waals surface area contributed by atoms with E-state index in [1.807, 2.05) is 18.7 Å². The number of aromatic amines is 1. The molecule has 0 spiro atoms. The van der Waals surface area contributed by atoms with E-state index >= 15 is 0 Å². The lowest BCUT2D eigenvalue weighted by Gasteiger charge is -2.31. The van der Waals surface area contributed by atoms with Gasteiger partial charge in [-0.15, -0.1) is 11.3 Å². The molecule has 0 radical (unpaired) electrons. The van der Waals surface area contributed by atoms with Gasteiger partial charge in [0, 0.05) is 37.0 Å². The molecule has 2 aromatic heterocycles. The van der Waals surface area contributed by atoms with Gasteiger partial charge in [0.2, 0.25) is 5.91 Å². The quantitative estimate of drug-likeness (QED) is 0.892. The summed E-state index contributed by atoms with van der Waals surface area (Å²) >= 11 is 1.26. The molecule has 2 aromatic rings. The molecule has 0 bridgehead atoms. The summed E-state index contributed by atoms with van der Waals surface area (Å²) in [6, 6.07) is 0. The van der Waals surface area contributed by atoms with E-state index in [1.165, 1.54) is 18.3 Å². The molecule has 1 atom stereocenters. The number of hydrogen-bond donors (Lipinski definition) is 2. The summed E-state index contributed by atoms with van der Waals surface area (Å²) in [7, 11) is 0. The molecule has 8 heteroatoms. The van der Waals surface area contributed by atoms with Crippen molar-refractivity contribution in [3.63, 3.8) is 0 Å². The van der Waals surface area contributed by atoms with Crippen LogP contribution in [-0.4, -0.2) is 44.8 Å². The lowest BCUT2D eigenvalue weighted by atomic mass is 9.97. The highest BCUT2D eigenvalue weighted by Crippen LogP contribution is 2.27. The molecule has 0 saturated carbocycles. The number of aromatic nitrogens is 3. The summed E-state index contributed by atoms with van der Waals surface area (Å²) in [6.45, 7) is 6.78. The maximum atomic E-state index is 12.7. The standard InChI is InChI=1S/C16H21N5O2S/c1-9-10(2)18-14(17-9)12-5-4-6-21(7-12)15(23)13-8-24-16(20-13)19-11(3)22/h8,12H,4-7H2,1-3H3,(H,17,18)(H,19,20,22). The van der Waals surface area contributed by atoms with E-state index in [2.05, 4.69) is 20.3 Å². The van der Waals surface area contributed by atoms with Crippen LogP contribution < -0.4 is 5.32 Å². The Balaban J connectivity index is 1.70. The highest BCUT2D eigenvalue weighted by molar-refractivity contribution is 7.14. The first-order chi connectivity index (χ1) is 11.4. The number of thiazole rings is 1. The molecule has 1 aliphatic heterocycles. The largest absolute Gasteiger partial charge is 0.346 e. The van der Waals surface area contributed by atoms with Crippen molar-refractivity contribution in [1.29, 1.82) is 0 Å². The SMILES string of the molecule is CC(=O)Nc1nc(C(=O)N2CCCC(c3nc(C)c(C)[nH]3)C2)cs1. The number of nitrogens with one attached hydrogen (secondary N) is 2. The number of hydrogen-bond acceptors (Lipinski definition) is 5. The number of likely N-dealkylation sites (tertiary alicyclic amines) is 1. The van der Waals surface area contributed by atoms with Gasteiger partial charge in [-0.3, -0.25) is 9.59 Å². The first kappa shape index (κ1) is 16.6. The number of carbonyl (C=O) groups excluding carboxylic acids is 2. The second kappa shape index (κ2) is 6.72. The summed E-state index contributed by atoms with van der Waals surface area (Å²) in [5.41, 5.74) is 2.47. The minimum Gasteiger partial charge on any atom is -0.346 e. The van der Waals surface area contributed by atoms with E-state index in [4.69, 9.17) is 0 Å². The second-order valence-corrected chi connectivity index (χ2v) is 7.00. The van der Waals surface area contributed by atoms with Gasteiger partial charge in [0.1, 0.15) is 11.5 Å². The number of amides is 2. The predicted octanol–water partition coefficient (Wildman–Crippen LogP) is 2.46. The molecule has 2 N–H and O–H groups in total. The van der Waals surface area contributed by atoms with Crippen LogP contribution in [0.2, 0.25) is 0 Å². The van der Waals surface area contributed by atoms with E-state index in [0.717, 1.165) is 36.6 Å². The molecule has 128 valence electrons. The Labute approximate surface area is 144 Å². The van der Waals surface area contributed by atoms with E-state index in [9.17, 15) is 9.59 Å². The Kier molecular flexibility index (Phi) is 4.66. The van der Waals surface area contributed by atoms with Gasteiger partial charge in [-0.25, -0.2) is 9.97 Å². The predicted molar refractivity (Wildman–Crippen MR) is 92.4 cm³/mol. The Morgan fingerprint density at radius 1 is 1.38 bits per heavy atom. The Bertz CT molecular complexity index is 747. The van der Waals surface area contributed by atoms with Crippen molar-refractivity contribution >= 4 is 28.3 Å². The number of H-pyrrole nitrogens is 1. The number of imidazole rings is 1. The molecule has 24 heavy (non-hydrogen) atoms. The van der Waals surface area contributed by atoms with Crippen LogP contribution in [0.4, 0.5) is 5.13 Å². The number of piperidine rings is 1. The number of rotatable bonds is 3. The summed E-state index contributed by atoms with van der Waals surface area (Å²) in [5, 5.41) is 4.76. The molecular weight excluding hydrogens is 326 g/mol. The van der Waals surface area contributed by atoms with Crippen molar-refractivity contribution in [3.8, 4) is 0 Å². The summed E-state index contributed by atoms with van der Waals surface area (Å²) < 4.78 is 0. The van der Waals surface area contributed by atoms with E-state index in [-0.39, 0.29) is 17.7 Å². The zero-order chi connectivity index (χ0) is 17.3. The smallest absolute Gasteiger partial charge is 0.273 e. The Morgan fingerprint density at radius 2 is 2.17 bits per heavy atom. The highest BCUT2D eigenvalue weighted by Gasteiger charge is 2.28. The molecule has 0 aliphatic carbocycles. The zero-order valence-electron chi connectivity index (χ0n) is 14.0. The van der Waals surface area contributed by atoms with Crippen LogP contribution in [0.15, 0.2) is 5.38 Å². The van der Waals surface area contributed by atoms with Crippen molar-refractivity contribution in [1.82, 2.24) is 19.9 Å². The van der Waals surface area contributed by atoms with Crippen LogP contribution >= 0.6 is 11.3 Å². The molecule has 3 rings (SSSR count). The van der Waals surface area contributed by atoms with Gasteiger partial charge in [-0.05, 0) is 26.7 Å². The van der Waals surface area contributed by atoms with Gasteiger partial charge >= 0.3 is 0 Å². The molecular formula is C16H21N5O2S. The minimum atomic E-state index is -0.190. The molecule has 1 fully saturated rings. The third kappa shape index (κ3) is 3.48. The van der Waals surface area contributed by atoms with Crippen LogP contribution in [0.5, 0.6) is 0 Å². The molecule has 0 aromatic carbocycles. The van der Waals surface area contributed by atoms with Gasteiger partial charge in [-0.2, -0.15) is 0 Å². The van der Waals surface area contributed by atoms with Gasteiger partial charge in [0.25, 0.3) is 5.91 Å². The molecule has 1 unspecified atom stereocenters. The van der Waals surface area contributed by atoms with Gasteiger partial charge in [0.15, 0.2) is 5.13 Å². The maximum Gasteiger partial charge on any atom is 0.273 e. The van der Waals surface area contributed by atoms with E-state index in [0.29, 0.717) is 17.4 Å². The first-order valence-electron chi connectivity index (χ1n) is 7.99. The lowest BCUT2D eigenvalue weighted by Crippen LogP contribution is -2.39. The molecule has 1 aliphatic rings. The normalized spacial score (nSPS) is 17.8. The highest BCUT2D eigenvalue weighted by atomic mass is 32.1. The average molecular weight is 347 g/mol. The first-order valence-corrected chi connectivity index (χ1v) is 8.87. The third-order valence-corrected chi connectivity index (χ3v) is 5.01. The van der Waals surface area contributed by atoms with Crippen molar-refractivity contribution in [2.75, 3.05) is 18.4 Å². The van der Waals surface area contributed by atoms with Crippen LogP contribution in [0, 0.1) is 13.8 Å². The number of anilines is 1. The number of nitrogens with zero attached hydrogens (tertiary/aromatic N) is 3. The van der Waals surface area contributed by atoms with Crippen molar-refractivity contribution in [2.45, 2.75) is 39.5 Å². The fourth-order valence-electron chi connectivity index (χ4n) is 2.90. The fourth-order valence-corrected chi connectivity index (χ4v) is 3.63. The lowest BCUT2D eigenvalue weighted by molar-refractivity contribution is -0.114. The van der Waals surface area contributed by atoms with Gasteiger partial charge < -0.3 is 15.2 Å². The zero-order valence-corrected chi connectivity index (χ0v) is 14.9. The average Bonchev–Trinajstić information content (AvgIpc) is 3.13. The summed E-state index contributed by atoms with van der Waals surface area (Å²) in [5.74, 6) is 0.903. The number of carbonyl (C=O) groups is 2. The van der Waals surface area contributed by atoms with Gasteiger partial charge in [-0.1, -0.05) is 0 Å². The third-order valence-electron chi connectivity index (χ3n) is 4.25. The van der Waals surface area contributed by atoms with Crippen LogP contribution in [0.3, 0.4) is 0 Å². The van der Waals surface area contributed by atoms with E-state index in [1.54, 1.807) is 5.38 Å².